The van der Waals surface area contributed by atoms with Gasteiger partial charge in [-0.1, -0.05) is 29.3 Å². The summed E-state index contributed by atoms with van der Waals surface area (Å²) < 4.78 is 22.2. The van der Waals surface area contributed by atoms with Gasteiger partial charge >= 0.3 is 0 Å². The van der Waals surface area contributed by atoms with Crippen LogP contribution in [0.1, 0.15) is 6.92 Å². The molecule has 9 heteroatoms. The molecule has 0 atom stereocenters. The largest absolute Gasteiger partial charge is 0.494 e. The first-order valence-corrected chi connectivity index (χ1v) is 11.3. The van der Waals surface area contributed by atoms with Crippen LogP contribution in [-0.4, -0.2) is 21.4 Å². The van der Waals surface area contributed by atoms with Crippen molar-refractivity contribution in [2.45, 2.75) is 6.92 Å². The minimum absolute atomic E-state index is 0.166. The molecule has 0 aliphatic heterocycles. The molecule has 0 radical (unpaired) electrons. The molecule has 0 aliphatic carbocycles. The van der Waals surface area contributed by atoms with Crippen molar-refractivity contribution in [1.29, 1.82) is 0 Å². The average molecular weight is 527 g/mol. The SMILES string of the molecule is CCOc1ccc(-c2sc(-c3nc(-c4c(F)cccc4Cl)nn3C)c(Cl)c2Br)cc1. The fraction of sp³-hybridized carbons (Fsp3) is 0.143. The molecule has 0 amide bonds. The Kier molecular flexibility index (Phi) is 6.16. The lowest BCUT2D eigenvalue weighted by atomic mass is 10.2. The number of aromatic nitrogens is 3. The van der Waals surface area contributed by atoms with Crippen LogP contribution in [0.4, 0.5) is 4.39 Å². The number of halogens is 4. The zero-order chi connectivity index (χ0) is 21.4. The van der Waals surface area contributed by atoms with Gasteiger partial charge in [0.2, 0.25) is 0 Å². The molecule has 0 unspecified atom stereocenters. The first kappa shape index (κ1) is 21.3. The number of rotatable bonds is 5. The van der Waals surface area contributed by atoms with Crippen molar-refractivity contribution in [1.82, 2.24) is 14.8 Å². The van der Waals surface area contributed by atoms with E-state index in [9.17, 15) is 4.39 Å². The van der Waals surface area contributed by atoms with E-state index < -0.39 is 5.82 Å². The Morgan fingerprint density at radius 3 is 2.53 bits per heavy atom. The van der Waals surface area contributed by atoms with E-state index in [4.69, 9.17) is 27.9 Å². The summed E-state index contributed by atoms with van der Waals surface area (Å²) >= 11 is 17.9. The quantitative estimate of drug-likeness (QED) is 0.270. The number of hydrogen-bond donors (Lipinski definition) is 0. The number of aryl methyl sites for hydroxylation is 1. The second kappa shape index (κ2) is 8.67. The van der Waals surface area contributed by atoms with E-state index in [1.165, 1.54) is 17.4 Å². The van der Waals surface area contributed by atoms with Gasteiger partial charge in [-0.3, -0.25) is 0 Å². The van der Waals surface area contributed by atoms with Crippen molar-refractivity contribution in [2.24, 2.45) is 7.05 Å². The molecular weight excluding hydrogens is 512 g/mol. The second-order valence-corrected chi connectivity index (χ2v) is 8.92. The van der Waals surface area contributed by atoms with Gasteiger partial charge in [0, 0.05) is 7.05 Å². The Balaban J connectivity index is 1.77. The summed E-state index contributed by atoms with van der Waals surface area (Å²) in [7, 11) is 1.74. The molecule has 0 bridgehead atoms. The predicted octanol–water partition coefficient (Wildman–Crippen LogP) is 7.48. The number of nitrogens with zero attached hydrogens (tertiary/aromatic N) is 3. The van der Waals surface area contributed by atoms with Crippen LogP contribution in [0.15, 0.2) is 46.9 Å². The molecule has 4 aromatic rings. The van der Waals surface area contributed by atoms with Gasteiger partial charge in [0.25, 0.3) is 0 Å². The third kappa shape index (κ3) is 3.87. The maximum absolute atomic E-state index is 14.3. The number of hydrogen-bond acceptors (Lipinski definition) is 4. The molecule has 2 aromatic heterocycles. The summed E-state index contributed by atoms with van der Waals surface area (Å²) in [6.07, 6.45) is 0. The Hall–Kier alpha value is -1.93. The van der Waals surface area contributed by atoms with E-state index in [1.54, 1.807) is 23.9 Å². The monoisotopic (exact) mass is 525 g/mol. The highest BCUT2D eigenvalue weighted by molar-refractivity contribution is 9.10. The van der Waals surface area contributed by atoms with Gasteiger partial charge in [0.15, 0.2) is 11.6 Å². The minimum Gasteiger partial charge on any atom is -0.494 e. The summed E-state index contributed by atoms with van der Waals surface area (Å²) in [4.78, 5) is 6.21. The molecule has 154 valence electrons. The molecule has 0 N–H and O–H groups in total. The standard InChI is InChI=1S/C21H15BrCl2FN3OS/c1-3-29-12-9-7-11(8-10-12)18-16(22)17(24)19(30-18)21-26-20(27-28(21)2)15-13(23)5-4-6-14(15)25/h4-10H,3H2,1-2H3. The van der Waals surface area contributed by atoms with Crippen molar-refractivity contribution in [2.75, 3.05) is 6.61 Å². The Labute approximate surface area is 195 Å². The molecule has 0 spiro atoms. The molecule has 0 saturated carbocycles. The number of benzene rings is 2. The molecule has 0 fully saturated rings. The molecule has 30 heavy (non-hydrogen) atoms. The highest BCUT2D eigenvalue weighted by Gasteiger charge is 2.23. The first-order chi connectivity index (χ1) is 14.4. The fourth-order valence-electron chi connectivity index (χ4n) is 2.99. The van der Waals surface area contributed by atoms with Crippen LogP contribution in [0.5, 0.6) is 5.75 Å². The van der Waals surface area contributed by atoms with E-state index in [1.807, 2.05) is 31.2 Å². The van der Waals surface area contributed by atoms with Crippen molar-refractivity contribution in [3.05, 3.63) is 62.8 Å². The summed E-state index contributed by atoms with van der Waals surface area (Å²) in [5, 5.41) is 5.13. The van der Waals surface area contributed by atoms with E-state index in [0.717, 1.165) is 25.5 Å². The highest BCUT2D eigenvalue weighted by Crippen LogP contribution is 2.48. The predicted molar refractivity (Wildman–Crippen MR) is 124 cm³/mol. The van der Waals surface area contributed by atoms with E-state index in [2.05, 4.69) is 26.0 Å². The van der Waals surface area contributed by atoms with E-state index >= 15 is 0 Å². The third-order valence-corrected chi connectivity index (χ3v) is 7.70. The summed E-state index contributed by atoms with van der Waals surface area (Å²) in [6.45, 7) is 2.55. The fourth-order valence-corrected chi connectivity index (χ4v) is 5.50. The summed E-state index contributed by atoms with van der Waals surface area (Å²) in [5.41, 5.74) is 1.16. The molecular formula is C21H15BrCl2FN3OS. The lowest BCUT2D eigenvalue weighted by Crippen LogP contribution is -1.93. The first-order valence-electron chi connectivity index (χ1n) is 8.97. The maximum atomic E-state index is 14.3. The molecule has 4 nitrogen and oxygen atoms in total. The van der Waals surface area contributed by atoms with E-state index in [0.29, 0.717) is 17.5 Å². The topological polar surface area (TPSA) is 39.9 Å². The number of thiophene rings is 1. The Bertz CT molecular complexity index is 1200. The van der Waals surface area contributed by atoms with E-state index in [-0.39, 0.29) is 16.4 Å². The zero-order valence-electron chi connectivity index (χ0n) is 15.9. The zero-order valence-corrected chi connectivity index (χ0v) is 19.8. The Morgan fingerprint density at radius 1 is 1.13 bits per heavy atom. The number of ether oxygens (including phenoxy) is 1. The maximum Gasteiger partial charge on any atom is 0.186 e. The van der Waals surface area contributed by atoms with Crippen LogP contribution in [0.2, 0.25) is 10.0 Å². The smallest absolute Gasteiger partial charge is 0.186 e. The van der Waals surface area contributed by atoms with Gasteiger partial charge in [-0.25, -0.2) is 14.1 Å². The van der Waals surface area contributed by atoms with Crippen molar-refractivity contribution in [3.8, 4) is 38.3 Å². The van der Waals surface area contributed by atoms with Gasteiger partial charge in [-0.15, -0.1) is 11.3 Å². The van der Waals surface area contributed by atoms with Gasteiger partial charge < -0.3 is 4.74 Å². The van der Waals surface area contributed by atoms with Crippen LogP contribution in [0, 0.1) is 5.82 Å². The minimum atomic E-state index is -0.479. The highest BCUT2D eigenvalue weighted by atomic mass is 79.9. The van der Waals surface area contributed by atoms with Crippen molar-refractivity contribution in [3.63, 3.8) is 0 Å². The van der Waals surface area contributed by atoms with Crippen molar-refractivity contribution < 1.29 is 9.13 Å². The van der Waals surface area contributed by atoms with Crippen molar-refractivity contribution >= 4 is 50.5 Å². The van der Waals surface area contributed by atoms with Crippen LogP contribution >= 0.6 is 50.5 Å². The molecule has 4 rings (SSSR count). The third-order valence-electron chi connectivity index (χ3n) is 4.38. The van der Waals surface area contributed by atoms with Crippen LogP contribution in [0.25, 0.3) is 32.5 Å². The van der Waals surface area contributed by atoms with Crippen LogP contribution in [0.3, 0.4) is 0 Å². The van der Waals surface area contributed by atoms with Crippen LogP contribution < -0.4 is 4.74 Å². The van der Waals surface area contributed by atoms with Gasteiger partial charge in [-0.05, 0) is 64.8 Å². The lowest BCUT2D eigenvalue weighted by Gasteiger charge is -2.04. The molecule has 0 saturated heterocycles. The summed E-state index contributed by atoms with van der Waals surface area (Å²) in [5.74, 6) is 1.06. The van der Waals surface area contributed by atoms with Crippen LogP contribution in [-0.2, 0) is 7.05 Å². The molecule has 0 aliphatic rings. The van der Waals surface area contributed by atoms with Gasteiger partial charge in [0.1, 0.15) is 11.6 Å². The molecule has 2 aromatic carbocycles. The summed E-state index contributed by atoms with van der Waals surface area (Å²) in [6, 6.07) is 12.3. The Morgan fingerprint density at radius 2 is 1.87 bits per heavy atom. The van der Waals surface area contributed by atoms with Gasteiger partial charge in [0.05, 0.1) is 36.4 Å². The van der Waals surface area contributed by atoms with Gasteiger partial charge in [-0.2, -0.15) is 5.10 Å². The average Bonchev–Trinajstić information content (AvgIpc) is 3.23. The lowest BCUT2D eigenvalue weighted by molar-refractivity contribution is 0.340. The normalized spacial score (nSPS) is 11.1. The second-order valence-electron chi connectivity index (χ2n) is 6.32. The molecule has 2 heterocycles.